The van der Waals surface area contributed by atoms with Crippen molar-refractivity contribution in [2.45, 2.75) is 25.3 Å². The molecular formula is C14H16ClFN2O2. The fraction of sp³-hybridized carbons (Fsp3) is 0.429. The Morgan fingerprint density at radius 1 is 1.50 bits per heavy atom. The third-order valence-electron chi connectivity index (χ3n) is 3.37. The maximum atomic E-state index is 13.6. The van der Waals surface area contributed by atoms with Crippen molar-refractivity contribution in [3.63, 3.8) is 0 Å². The minimum absolute atomic E-state index is 0.0888. The molecule has 0 bridgehead atoms. The molecule has 6 heteroatoms. The maximum absolute atomic E-state index is 13.6. The Balaban J connectivity index is 1.96. The molecule has 1 amide bonds. The van der Waals surface area contributed by atoms with E-state index < -0.39 is 5.82 Å². The van der Waals surface area contributed by atoms with Gasteiger partial charge in [-0.3, -0.25) is 9.69 Å². The zero-order chi connectivity index (χ0) is 14.5. The van der Waals surface area contributed by atoms with Crippen molar-refractivity contribution in [2.24, 2.45) is 0 Å². The molecule has 1 saturated heterocycles. The van der Waals surface area contributed by atoms with E-state index in [0.29, 0.717) is 6.54 Å². The van der Waals surface area contributed by atoms with E-state index in [0.717, 1.165) is 31.6 Å². The summed E-state index contributed by atoms with van der Waals surface area (Å²) in [6, 6.07) is 3.86. The van der Waals surface area contributed by atoms with Gasteiger partial charge in [0.25, 0.3) is 0 Å². The van der Waals surface area contributed by atoms with Crippen LogP contribution >= 0.6 is 11.6 Å². The molecule has 0 saturated carbocycles. The van der Waals surface area contributed by atoms with Crippen molar-refractivity contribution in [1.29, 1.82) is 0 Å². The number of nitrogens with zero attached hydrogens (tertiary/aromatic N) is 1. The third-order valence-corrected chi connectivity index (χ3v) is 3.61. The number of carbonyl (C=O) groups excluding carboxylic acids is 2. The third kappa shape index (κ3) is 3.77. The number of hydrogen-bond donors (Lipinski definition) is 1. The number of anilines is 1. The molecule has 1 heterocycles. The Kier molecular flexibility index (Phi) is 5.09. The van der Waals surface area contributed by atoms with E-state index in [9.17, 15) is 14.0 Å². The summed E-state index contributed by atoms with van der Waals surface area (Å²) < 4.78 is 13.6. The zero-order valence-corrected chi connectivity index (χ0v) is 11.7. The Morgan fingerprint density at radius 2 is 2.30 bits per heavy atom. The second-order valence-electron chi connectivity index (χ2n) is 4.84. The molecule has 1 aromatic carbocycles. The lowest BCUT2D eigenvalue weighted by atomic mass is 10.0. The van der Waals surface area contributed by atoms with E-state index in [1.54, 1.807) is 0 Å². The second-order valence-corrected chi connectivity index (χ2v) is 5.28. The summed E-state index contributed by atoms with van der Waals surface area (Å²) in [4.78, 5) is 24.7. The molecule has 0 radical (unpaired) electrons. The number of amides is 1. The highest BCUT2D eigenvalue weighted by Gasteiger charge is 2.23. The van der Waals surface area contributed by atoms with Gasteiger partial charge < -0.3 is 10.1 Å². The Bertz CT molecular complexity index is 510. The van der Waals surface area contributed by atoms with Gasteiger partial charge in [0.15, 0.2) is 0 Å². The SMILES string of the molecule is O=CC1CCCCN1CC(=O)Nc1ccc(Cl)cc1F. The number of nitrogens with one attached hydrogen (secondary N) is 1. The van der Waals surface area contributed by atoms with Gasteiger partial charge in [-0.25, -0.2) is 4.39 Å². The monoisotopic (exact) mass is 298 g/mol. The molecule has 108 valence electrons. The van der Waals surface area contributed by atoms with Crippen molar-refractivity contribution in [3.05, 3.63) is 29.0 Å². The van der Waals surface area contributed by atoms with Gasteiger partial charge in [-0.1, -0.05) is 18.0 Å². The summed E-state index contributed by atoms with van der Waals surface area (Å²) in [5.74, 6) is -0.906. The standard InChI is InChI=1S/C14H16ClFN2O2/c15-10-4-5-13(12(16)7-10)17-14(20)8-18-6-2-1-3-11(18)9-19/h4-5,7,9,11H,1-3,6,8H2,(H,17,20). The average molecular weight is 299 g/mol. The molecule has 1 aliphatic heterocycles. The molecule has 1 fully saturated rings. The van der Waals surface area contributed by atoms with Crippen LogP contribution in [0.25, 0.3) is 0 Å². The minimum atomic E-state index is -0.573. The molecule has 1 unspecified atom stereocenters. The minimum Gasteiger partial charge on any atom is -0.322 e. The predicted octanol–water partition coefficient (Wildman–Crippen LogP) is 2.47. The van der Waals surface area contributed by atoms with Crippen LogP contribution in [-0.2, 0) is 9.59 Å². The molecule has 1 aromatic rings. The van der Waals surface area contributed by atoms with Crippen molar-refractivity contribution in [3.8, 4) is 0 Å². The number of hydrogen-bond acceptors (Lipinski definition) is 3. The lowest BCUT2D eigenvalue weighted by molar-refractivity contribution is -0.120. The van der Waals surface area contributed by atoms with Gasteiger partial charge in [-0.2, -0.15) is 0 Å². The highest BCUT2D eigenvalue weighted by Crippen LogP contribution is 2.19. The number of rotatable bonds is 4. The lowest BCUT2D eigenvalue weighted by Crippen LogP contribution is -2.44. The molecule has 0 aromatic heterocycles. The van der Waals surface area contributed by atoms with Gasteiger partial charge in [-0.05, 0) is 37.6 Å². The normalized spacial score (nSPS) is 19.6. The molecule has 1 aliphatic rings. The van der Waals surface area contributed by atoms with Gasteiger partial charge in [0.1, 0.15) is 12.1 Å². The van der Waals surface area contributed by atoms with E-state index in [4.69, 9.17) is 11.6 Å². The van der Waals surface area contributed by atoms with Crippen LogP contribution in [0, 0.1) is 5.82 Å². The van der Waals surface area contributed by atoms with E-state index in [2.05, 4.69) is 5.32 Å². The van der Waals surface area contributed by atoms with E-state index in [1.165, 1.54) is 12.1 Å². The van der Waals surface area contributed by atoms with Crippen molar-refractivity contribution >= 4 is 29.5 Å². The predicted molar refractivity (Wildman–Crippen MR) is 75.3 cm³/mol. The van der Waals surface area contributed by atoms with E-state index >= 15 is 0 Å². The first-order valence-corrected chi connectivity index (χ1v) is 6.92. The molecule has 4 nitrogen and oxygen atoms in total. The number of aldehydes is 1. The quantitative estimate of drug-likeness (QED) is 0.869. The molecule has 20 heavy (non-hydrogen) atoms. The van der Waals surface area contributed by atoms with E-state index in [1.807, 2.05) is 4.90 Å². The van der Waals surface area contributed by atoms with Crippen LogP contribution < -0.4 is 5.32 Å². The summed E-state index contributed by atoms with van der Waals surface area (Å²) >= 11 is 5.65. The van der Waals surface area contributed by atoms with Crippen LogP contribution in [0.3, 0.4) is 0 Å². The zero-order valence-electron chi connectivity index (χ0n) is 10.9. The maximum Gasteiger partial charge on any atom is 0.238 e. The molecule has 0 spiro atoms. The van der Waals surface area contributed by atoms with Crippen LogP contribution in [0.2, 0.25) is 5.02 Å². The van der Waals surface area contributed by atoms with Gasteiger partial charge in [-0.15, -0.1) is 0 Å². The van der Waals surface area contributed by atoms with Crippen molar-refractivity contribution in [2.75, 3.05) is 18.4 Å². The first-order chi connectivity index (χ1) is 9.60. The molecule has 1 atom stereocenters. The van der Waals surface area contributed by atoms with Gasteiger partial charge >= 0.3 is 0 Å². The van der Waals surface area contributed by atoms with Crippen molar-refractivity contribution < 1.29 is 14.0 Å². The number of piperidine rings is 1. The number of halogens is 2. The summed E-state index contributed by atoms with van der Waals surface area (Å²) in [5, 5.41) is 2.77. The number of likely N-dealkylation sites (tertiary alicyclic amines) is 1. The lowest BCUT2D eigenvalue weighted by Gasteiger charge is -2.31. The van der Waals surface area contributed by atoms with Crippen LogP contribution in [0.15, 0.2) is 18.2 Å². The van der Waals surface area contributed by atoms with Gasteiger partial charge in [0.2, 0.25) is 5.91 Å². The number of benzene rings is 1. The second kappa shape index (κ2) is 6.81. The highest BCUT2D eigenvalue weighted by molar-refractivity contribution is 6.30. The summed E-state index contributed by atoms with van der Waals surface area (Å²) in [5.41, 5.74) is 0.0964. The Labute approximate surface area is 121 Å². The summed E-state index contributed by atoms with van der Waals surface area (Å²) in [6.45, 7) is 0.797. The topological polar surface area (TPSA) is 49.4 Å². The van der Waals surface area contributed by atoms with Crippen LogP contribution in [0.1, 0.15) is 19.3 Å². The highest BCUT2D eigenvalue weighted by atomic mass is 35.5. The van der Waals surface area contributed by atoms with Crippen molar-refractivity contribution in [1.82, 2.24) is 4.90 Å². The summed E-state index contributed by atoms with van der Waals surface area (Å²) in [6.07, 6.45) is 3.60. The average Bonchev–Trinajstić information content (AvgIpc) is 2.42. The molecule has 1 N–H and O–H groups in total. The van der Waals surface area contributed by atoms with Gasteiger partial charge in [0, 0.05) is 5.02 Å². The smallest absolute Gasteiger partial charge is 0.238 e. The Morgan fingerprint density at radius 3 is 3.00 bits per heavy atom. The van der Waals surface area contributed by atoms with E-state index in [-0.39, 0.29) is 29.2 Å². The fourth-order valence-corrected chi connectivity index (χ4v) is 2.49. The molecular weight excluding hydrogens is 283 g/mol. The largest absolute Gasteiger partial charge is 0.322 e. The van der Waals surface area contributed by atoms with Crippen LogP contribution in [0.4, 0.5) is 10.1 Å². The van der Waals surface area contributed by atoms with Crippen LogP contribution in [0.5, 0.6) is 0 Å². The number of carbonyl (C=O) groups is 2. The van der Waals surface area contributed by atoms with Gasteiger partial charge in [0.05, 0.1) is 18.3 Å². The first kappa shape index (κ1) is 14.9. The Hall–Kier alpha value is -1.46. The summed E-state index contributed by atoms with van der Waals surface area (Å²) in [7, 11) is 0. The molecule has 2 rings (SSSR count). The molecule has 0 aliphatic carbocycles. The first-order valence-electron chi connectivity index (χ1n) is 6.54. The fourth-order valence-electron chi connectivity index (χ4n) is 2.33. The van der Waals surface area contributed by atoms with Crippen LogP contribution in [-0.4, -0.2) is 36.2 Å².